The fourth-order valence-corrected chi connectivity index (χ4v) is 3.13. The highest BCUT2D eigenvalue weighted by molar-refractivity contribution is 6.01. The van der Waals surface area contributed by atoms with Crippen molar-refractivity contribution in [3.8, 4) is 11.1 Å². The molecular weight excluding hydrogens is 303 g/mol. The van der Waals surface area contributed by atoms with Crippen LogP contribution in [0.5, 0.6) is 0 Å². The van der Waals surface area contributed by atoms with Gasteiger partial charge in [0.1, 0.15) is 0 Å². The molecule has 120 valence electrons. The Hall–Kier alpha value is -2.30. The van der Waals surface area contributed by atoms with Crippen molar-refractivity contribution in [3.05, 3.63) is 52.6 Å². The second kappa shape index (κ2) is 5.41. The average Bonchev–Trinajstić information content (AvgIpc) is 2.85. The normalized spacial score (nSPS) is 13.9. The van der Waals surface area contributed by atoms with Crippen LogP contribution in [0.25, 0.3) is 11.1 Å². The molecule has 0 aliphatic carbocycles. The number of anilines is 1. The smallest absolute Gasteiger partial charge is 0.325 e. The maximum absolute atomic E-state index is 13.4. The first-order valence-corrected chi connectivity index (χ1v) is 7.44. The van der Waals surface area contributed by atoms with E-state index >= 15 is 0 Å². The number of aryl methyl sites for hydroxylation is 2. The lowest BCUT2D eigenvalue weighted by Gasteiger charge is -2.17. The lowest BCUT2D eigenvalue weighted by molar-refractivity contribution is -0.137. The molecule has 1 N–H and O–H groups in total. The van der Waals surface area contributed by atoms with Gasteiger partial charge < -0.3 is 5.32 Å². The summed E-state index contributed by atoms with van der Waals surface area (Å²) in [5, 5.41) is 2.79. The van der Waals surface area contributed by atoms with E-state index in [-0.39, 0.29) is 17.9 Å². The van der Waals surface area contributed by atoms with Gasteiger partial charge in [0.2, 0.25) is 5.91 Å². The Morgan fingerprint density at radius 1 is 1.22 bits per heavy atom. The zero-order valence-electron chi connectivity index (χ0n) is 12.8. The average molecular weight is 319 g/mol. The van der Waals surface area contributed by atoms with E-state index in [1.165, 1.54) is 6.07 Å². The molecular formula is C18H16F3NO. The van der Waals surface area contributed by atoms with Crippen LogP contribution in [0, 0.1) is 6.92 Å². The van der Waals surface area contributed by atoms with Gasteiger partial charge in [-0.05, 0) is 59.4 Å². The van der Waals surface area contributed by atoms with Crippen LogP contribution in [-0.2, 0) is 23.8 Å². The van der Waals surface area contributed by atoms with Crippen LogP contribution in [0.3, 0.4) is 0 Å². The molecule has 0 bridgehead atoms. The fourth-order valence-electron chi connectivity index (χ4n) is 3.13. The van der Waals surface area contributed by atoms with Crippen molar-refractivity contribution in [1.82, 2.24) is 0 Å². The minimum absolute atomic E-state index is 0.118. The summed E-state index contributed by atoms with van der Waals surface area (Å²) < 4.78 is 40.1. The number of rotatable bonds is 2. The highest BCUT2D eigenvalue weighted by atomic mass is 19.4. The highest BCUT2D eigenvalue weighted by Crippen LogP contribution is 2.41. The molecule has 5 heteroatoms. The van der Waals surface area contributed by atoms with E-state index in [4.69, 9.17) is 0 Å². The molecule has 2 nitrogen and oxygen atoms in total. The van der Waals surface area contributed by atoms with E-state index in [1.807, 2.05) is 6.92 Å². The van der Waals surface area contributed by atoms with Gasteiger partial charge in [-0.15, -0.1) is 0 Å². The van der Waals surface area contributed by atoms with E-state index in [0.717, 1.165) is 22.9 Å². The Bertz CT molecular complexity index is 794. The summed E-state index contributed by atoms with van der Waals surface area (Å²) in [5.41, 5.74) is 3.01. The number of benzene rings is 2. The van der Waals surface area contributed by atoms with E-state index in [0.29, 0.717) is 17.5 Å². The first-order chi connectivity index (χ1) is 10.8. The van der Waals surface area contributed by atoms with Gasteiger partial charge in [-0.3, -0.25) is 4.79 Å². The summed E-state index contributed by atoms with van der Waals surface area (Å²) in [4.78, 5) is 11.6. The summed E-state index contributed by atoms with van der Waals surface area (Å²) in [5.74, 6) is -0.118. The summed E-state index contributed by atoms with van der Waals surface area (Å²) in [7, 11) is 0. The van der Waals surface area contributed by atoms with Crippen LogP contribution in [0.15, 0.2) is 30.3 Å². The standard InChI is InChI=1S/C18H16F3NO/c1-3-11-7-12(8-13-9-15(23)22-17(11)13)16-10(2)5-4-6-14(16)18(19,20)21/h4-8H,3,9H2,1-2H3,(H,22,23). The molecule has 0 fully saturated rings. The molecule has 23 heavy (non-hydrogen) atoms. The zero-order chi connectivity index (χ0) is 16.8. The Labute approximate surface area is 132 Å². The second-order valence-corrected chi connectivity index (χ2v) is 5.74. The van der Waals surface area contributed by atoms with Crippen LogP contribution < -0.4 is 5.32 Å². The van der Waals surface area contributed by atoms with Crippen LogP contribution in [-0.4, -0.2) is 5.91 Å². The summed E-state index contributed by atoms with van der Waals surface area (Å²) in [6, 6.07) is 7.64. The third kappa shape index (κ3) is 2.71. The molecule has 2 aromatic carbocycles. The van der Waals surface area contributed by atoms with E-state index in [2.05, 4.69) is 5.32 Å². The Kier molecular flexibility index (Phi) is 3.66. The summed E-state index contributed by atoms with van der Waals surface area (Å²) in [6.07, 6.45) is -3.56. The number of hydrogen-bond donors (Lipinski definition) is 1. The molecule has 0 unspecified atom stereocenters. The van der Waals surface area contributed by atoms with Crippen LogP contribution in [0.4, 0.5) is 18.9 Å². The van der Waals surface area contributed by atoms with Crippen LogP contribution >= 0.6 is 0 Å². The number of hydrogen-bond acceptors (Lipinski definition) is 1. The minimum Gasteiger partial charge on any atom is -0.325 e. The second-order valence-electron chi connectivity index (χ2n) is 5.74. The third-order valence-electron chi connectivity index (χ3n) is 4.16. The highest BCUT2D eigenvalue weighted by Gasteiger charge is 2.34. The largest absolute Gasteiger partial charge is 0.417 e. The number of amides is 1. The maximum atomic E-state index is 13.4. The van der Waals surface area contributed by atoms with Crippen molar-refractivity contribution >= 4 is 11.6 Å². The number of carbonyl (C=O) groups excluding carboxylic acids is 1. The van der Waals surface area contributed by atoms with E-state index < -0.39 is 11.7 Å². The van der Waals surface area contributed by atoms with Gasteiger partial charge in [0.25, 0.3) is 0 Å². The molecule has 0 spiro atoms. The first kappa shape index (κ1) is 15.6. The molecule has 0 aromatic heterocycles. The molecule has 0 saturated carbocycles. The Balaban J connectivity index is 2.25. The first-order valence-electron chi connectivity index (χ1n) is 7.44. The van der Waals surface area contributed by atoms with Gasteiger partial charge >= 0.3 is 6.18 Å². The number of carbonyl (C=O) groups is 1. The Morgan fingerprint density at radius 3 is 2.61 bits per heavy atom. The van der Waals surface area contributed by atoms with Gasteiger partial charge in [0.05, 0.1) is 12.0 Å². The van der Waals surface area contributed by atoms with Crippen molar-refractivity contribution in [2.45, 2.75) is 32.9 Å². The fraction of sp³-hybridized carbons (Fsp3) is 0.278. The van der Waals surface area contributed by atoms with Gasteiger partial charge in [0.15, 0.2) is 0 Å². The topological polar surface area (TPSA) is 29.1 Å². The van der Waals surface area contributed by atoms with Crippen molar-refractivity contribution in [2.24, 2.45) is 0 Å². The van der Waals surface area contributed by atoms with Crippen LogP contribution in [0.2, 0.25) is 0 Å². The number of halogens is 3. The maximum Gasteiger partial charge on any atom is 0.417 e. The summed E-state index contributed by atoms with van der Waals surface area (Å²) in [6.45, 7) is 3.60. The van der Waals surface area contributed by atoms with Crippen molar-refractivity contribution in [3.63, 3.8) is 0 Å². The molecule has 1 aliphatic rings. The molecule has 1 amide bonds. The number of fused-ring (bicyclic) bond motifs is 1. The van der Waals surface area contributed by atoms with Gasteiger partial charge in [-0.1, -0.05) is 19.1 Å². The molecule has 0 radical (unpaired) electrons. The monoisotopic (exact) mass is 319 g/mol. The molecule has 1 heterocycles. The van der Waals surface area contributed by atoms with Gasteiger partial charge in [-0.25, -0.2) is 0 Å². The molecule has 1 aliphatic heterocycles. The van der Waals surface area contributed by atoms with Crippen LogP contribution in [0.1, 0.15) is 29.2 Å². The van der Waals surface area contributed by atoms with Crippen molar-refractivity contribution < 1.29 is 18.0 Å². The zero-order valence-corrected chi connectivity index (χ0v) is 12.8. The molecule has 0 saturated heterocycles. The SMILES string of the molecule is CCc1cc(-c2c(C)cccc2C(F)(F)F)cc2c1NC(=O)C2. The third-order valence-corrected chi connectivity index (χ3v) is 4.16. The van der Waals surface area contributed by atoms with E-state index in [9.17, 15) is 18.0 Å². The molecule has 0 atom stereocenters. The summed E-state index contributed by atoms with van der Waals surface area (Å²) >= 11 is 0. The van der Waals surface area contributed by atoms with Crippen molar-refractivity contribution in [1.29, 1.82) is 0 Å². The van der Waals surface area contributed by atoms with Gasteiger partial charge in [-0.2, -0.15) is 13.2 Å². The Morgan fingerprint density at radius 2 is 1.96 bits per heavy atom. The lowest BCUT2D eigenvalue weighted by atomic mass is 9.91. The molecule has 3 rings (SSSR count). The predicted molar refractivity (Wildman–Crippen MR) is 83.3 cm³/mol. The predicted octanol–water partition coefficient (Wildman–Crippen LogP) is 4.74. The van der Waals surface area contributed by atoms with Crippen molar-refractivity contribution in [2.75, 3.05) is 5.32 Å². The molecule has 2 aromatic rings. The van der Waals surface area contributed by atoms with E-state index in [1.54, 1.807) is 25.1 Å². The lowest BCUT2D eigenvalue weighted by Crippen LogP contribution is -2.08. The minimum atomic E-state index is -4.42. The van der Waals surface area contributed by atoms with Gasteiger partial charge in [0, 0.05) is 5.69 Å². The quantitative estimate of drug-likeness (QED) is 0.851. The number of nitrogens with one attached hydrogen (secondary N) is 1. The number of alkyl halides is 3.